The molecule has 0 aliphatic heterocycles. The molecule has 26 heavy (non-hydrogen) atoms. The lowest BCUT2D eigenvalue weighted by Crippen LogP contribution is -2.42. The summed E-state index contributed by atoms with van der Waals surface area (Å²) in [4.78, 5) is 16.6. The Hall–Kier alpha value is -1.63. The van der Waals surface area contributed by atoms with E-state index in [1.165, 1.54) is 12.0 Å². The predicted molar refractivity (Wildman–Crippen MR) is 106 cm³/mol. The lowest BCUT2D eigenvalue weighted by atomic mass is 9.84. The number of halogens is 2. The van der Waals surface area contributed by atoms with Gasteiger partial charge in [0.25, 0.3) is 0 Å². The molecule has 4 atom stereocenters. The van der Waals surface area contributed by atoms with Crippen molar-refractivity contribution >= 4 is 36.5 Å². The molecule has 0 radical (unpaired) electrons. The molecule has 142 valence electrons. The highest BCUT2D eigenvalue weighted by Crippen LogP contribution is 2.47. The van der Waals surface area contributed by atoms with Gasteiger partial charge in [-0.1, -0.05) is 0 Å². The molecule has 2 aliphatic rings. The van der Waals surface area contributed by atoms with Crippen LogP contribution in [0.4, 0.5) is 5.82 Å². The monoisotopic (exact) mass is 397 g/mol. The Balaban J connectivity index is 0.00000121. The number of anilines is 1. The molecule has 2 fully saturated rings. The molecule has 4 unspecified atom stereocenters. The van der Waals surface area contributed by atoms with Crippen LogP contribution >= 0.6 is 24.8 Å². The molecular weight excluding hydrogens is 373 g/mol. The zero-order valence-corrected chi connectivity index (χ0v) is 16.1. The number of nitrogens with two attached hydrogens (primary N) is 1. The zero-order chi connectivity index (χ0) is 16.5. The van der Waals surface area contributed by atoms with E-state index in [2.05, 4.69) is 15.4 Å². The van der Waals surface area contributed by atoms with Crippen molar-refractivity contribution in [3.63, 3.8) is 0 Å². The number of fused-ring (bicyclic) bond motifs is 2. The molecule has 2 aromatic rings. The molecule has 2 heterocycles. The number of carbonyl (C=O) groups excluding carboxylic acids is 1. The number of pyridine rings is 1. The molecule has 8 heteroatoms. The van der Waals surface area contributed by atoms with Crippen molar-refractivity contribution in [2.45, 2.75) is 38.3 Å². The number of carbonyl (C=O) groups is 1. The van der Waals surface area contributed by atoms with Crippen LogP contribution in [0.15, 0.2) is 36.8 Å². The molecule has 2 saturated carbocycles. The summed E-state index contributed by atoms with van der Waals surface area (Å²) in [5, 5.41) is 7.41. The van der Waals surface area contributed by atoms with E-state index in [-0.39, 0.29) is 42.7 Å². The Morgan fingerprint density at radius 2 is 1.92 bits per heavy atom. The summed E-state index contributed by atoms with van der Waals surface area (Å²) in [6.45, 7) is 0.771. The minimum absolute atomic E-state index is 0. The molecule has 0 aromatic carbocycles. The van der Waals surface area contributed by atoms with Crippen LogP contribution in [0, 0.1) is 17.8 Å². The third kappa shape index (κ3) is 4.19. The number of aryl methyl sites for hydroxylation is 2. The Bertz CT molecular complexity index is 721. The summed E-state index contributed by atoms with van der Waals surface area (Å²) in [6.07, 6.45) is 9.80. The lowest BCUT2D eigenvalue weighted by molar-refractivity contribution is -0.121. The van der Waals surface area contributed by atoms with Crippen LogP contribution in [0.3, 0.4) is 0 Å². The molecule has 2 aromatic heterocycles. The molecule has 2 bridgehead atoms. The maximum absolute atomic E-state index is 12.6. The molecule has 0 saturated heterocycles. The van der Waals surface area contributed by atoms with E-state index in [4.69, 9.17) is 5.73 Å². The van der Waals surface area contributed by atoms with E-state index in [0.29, 0.717) is 17.7 Å². The molecule has 1 amide bonds. The van der Waals surface area contributed by atoms with E-state index in [9.17, 15) is 4.79 Å². The highest BCUT2D eigenvalue weighted by atomic mass is 35.5. The van der Waals surface area contributed by atoms with Crippen molar-refractivity contribution in [3.8, 4) is 0 Å². The fraction of sp³-hybridized carbons (Fsp3) is 0.500. The van der Waals surface area contributed by atoms with Crippen LogP contribution in [0.25, 0.3) is 0 Å². The van der Waals surface area contributed by atoms with E-state index in [1.54, 1.807) is 12.4 Å². The zero-order valence-electron chi connectivity index (χ0n) is 14.5. The molecule has 3 N–H and O–H groups in total. The predicted octanol–water partition coefficient (Wildman–Crippen LogP) is 2.68. The Labute approximate surface area is 165 Å². The number of rotatable bonds is 5. The van der Waals surface area contributed by atoms with Gasteiger partial charge in [-0.15, -0.1) is 24.8 Å². The van der Waals surface area contributed by atoms with Gasteiger partial charge < -0.3 is 11.1 Å². The second kappa shape index (κ2) is 8.84. The summed E-state index contributed by atoms with van der Waals surface area (Å²) in [5.74, 6) is 1.59. The van der Waals surface area contributed by atoms with Gasteiger partial charge in [0.05, 0.1) is 5.92 Å². The third-order valence-corrected chi connectivity index (χ3v) is 5.55. The van der Waals surface area contributed by atoms with Gasteiger partial charge >= 0.3 is 0 Å². The average Bonchev–Trinajstić information content (AvgIpc) is 3.30. The van der Waals surface area contributed by atoms with Crippen LogP contribution in [0.2, 0.25) is 0 Å². The van der Waals surface area contributed by atoms with Gasteiger partial charge in [0.15, 0.2) is 5.82 Å². The first-order valence-corrected chi connectivity index (χ1v) is 8.69. The first kappa shape index (κ1) is 20.7. The van der Waals surface area contributed by atoms with Gasteiger partial charge in [-0.05, 0) is 55.2 Å². The van der Waals surface area contributed by atoms with Gasteiger partial charge in [-0.3, -0.25) is 14.5 Å². The molecule has 4 rings (SSSR count). The normalized spacial score (nSPS) is 26.0. The molecule has 0 spiro atoms. The van der Waals surface area contributed by atoms with Crippen LogP contribution < -0.4 is 11.1 Å². The van der Waals surface area contributed by atoms with Crippen molar-refractivity contribution in [2.24, 2.45) is 23.5 Å². The SMILES string of the molecule is Cl.Cl.NC1C2CCC(C2)C1C(=O)Nc1ccn(CCc2ccncc2)n1. The average molecular weight is 398 g/mol. The number of aromatic nitrogens is 3. The number of amides is 1. The minimum Gasteiger partial charge on any atom is -0.327 e. The smallest absolute Gasteiger partial charge is 0.230 e. The Morgan fingerprint density at radius 3 is 2.62 bits per heavy atom. The van der Waals surface area contributed by atoms with Crippen molar-refractivity contribution in [3.05, 3.63) is 42.4 Å². The van der Waals surface area contributed by atoms with Crippen molar-refractivity contribution in [2.75, 3.05) is 5.32 Å². The molecular formula is C18H25Cl2N5O. The van der Waals surface area contributed by atoms with Crippen molar-refractivity contribution in [1.82, 2.24) is 14.8 Å². The molecule has 6 nitrogen and oxygen atoms in total. The number of nitrogens with zero attached hydrogens (tertiary/aromatic N) is 3. The third-order valence-electron chi connectivity index (χ3n) is 5.55. The van der Waals surface area contributed by atoms with Crippen molar-refractivity contribution in [1.29, 1.82) is 0 Å². The molecule has 2 aliphatic carbocycles. The van der Waals surface area contributed by atoms with Gasteiger partial charge in [0.2, 0.25) is 5.91 Å². The second-order valence-electron chi connectivity index (χ2n) is 7.00. The summed E-state index contributed by atoms with van der Waals surface area (Å²) in [7, 11) is 0. The van der Waals surface area contributed by atoms with Gasteiger partial charge in [-0.2, -0.15) is 5.10 Å². The van der Waals surface area contributed by atoms with E-state index in [0.717, 1.165) is 25.8 Å². The fourth-order valence-corrected chi connectivity index (χ4v) is 4.28. The summed E-state index contributed by atoms with van der Waals surface area (Å²) >= 11 is 0. The number of hydrogen-bond acceptors (Lipinski definition) is 4. The fourth-order valence-electron chi connectivity index (χ4n) is 4.28. The van der Waals surface area contributed by atoms with Crippen molar-refractivity contribution < 1.29 is 4.79 Å². The highest BCUT2D eigenvalue weighted by molar-refractivity contribution is 5.92. The Morgan fingerprint density at radius 1 is 1.19 bits per heavy atom. The lowest BCUT2D eigenvalue weighted by Gasteiger charge is -2.26. The highest BCUT2D eigenvalue weighted by Gasteiger charge is 2.49. The van der Waals surface area contributed by atoms with Crippen LogP contribution in [-0.4, -0.2) is 26.7 Å². The first-order chi connectivity index (χ1) is 11.7. The standard InChI is InChI=1S/C18H23N5O.2ClH/c19-17-14-2-1-13(11-14)16(17)18(24)21-15-6-10-23(22-15)9-5-12-3-7-20-8-4-12;;/h3-4,6-8,10,13-14,16-17H,1-2,5,9,11,19H2,(H,21,22,24);2*1H. The van der Waals surface area contributed by atoms with Crippen LogP contribution in [-0.2, 0) is 17.8 Å². The van der Waals surface area contributed by atoms with Gasteiger partial charge in [0.1, 0.15) is 0 Å². The second-order valence-corrected chi connectivity index (χ2v) is 7.00. The Kier molecular flexibility index (Phi) is 7.03. The van der Waals surface area contributed by atoms with Gasteiger partial charge in [0, 0.05) is 37.2 Å². The maximum atomic E-state index is 12.6. The summed E-state index contributed by atoms with van der Waals surface area (Å²) in [5.41, 5.74) is 7.47. The largest absolute Gasteiger partial charge is 0.327 e. The van der Waals surface area contributed by atoms with E-state index >= 15 is 0 Å². The van der Waals surface area contributed by atoms with Crippen LogP contribution in [0.1, 0.15) is 24.8 Å². The van der Waals surface area contributed by atoms with E-state index < -0.39 is 0 Å². The summed E-state index contributed by atoms with van der Waals surface area (Å²) in [6, 6.07) is 5.87. The first-order valence-electron chi connectivity index (χ1n) is 8.69. The minimum atomic E-state index is -0.0503. The number of hydrogen-bond donors (Lipinski definition) is 2. The summed E-state index contributed by atoms with van der Waals surface area (Å²) < 4.78 is 1.86. The number of nitrogens with one attached hydrogen (secondary N) is 1. The van der Waals surface area contributed by atoms with E-state index in [1.807, 2.05) is 29.1 Å². The maximum Gasteiger partial charge on any atom is 0.230 e. The topological polar surface area (TPSA) is 85.8 Å². The van der Waals surface area contributed by atoms with Gasteiger partial charge in [-0.25, -0.2) is 0 Å². The van der Waals surface area contributed by atoms with Crippen LogP contribution in [0.5, 0.6) is 0 Å². The quantitative estimate of drug-likeness (QED) is 0.811.